The third-order valence-corrected chi connectivity index (χ3v) is 2.72. The Bertz CT molecular complexity index is 564. The molecule has 2 rings (SSSR count). The number of nitrogens with zero attached hydrogens (tertiary/aromatic N) is 1. The van der Waals surface area contributed by atoms with Gasteiger partial charge in [0.1, 0.15) is 6.61 Å². The van der Waals surface area contributed by atoms with E-state index in [1.165, 1.54) is 11.1 Å². The number of rotatable bonds is 4. The fraction of sp³-hybridized carbons (Fsp3) is 0.250. The summed E-state index contributed by atoms with van der Waals surface area (Å²) in [6, 6.07) is 10.0. The SMILES string of the molecule is CN(Cc1ccoc1)Cc1cccc(C#CCO)c1. The maximum absolute atomic E-state index is 8.70. The highest BCUT2D eigenvalue weighted by molar-refractivity contribution is 5.37. The highest BCUT2D eigenvalue weighted by atomic mass is 16.3. The van der Waals surface area contributed by atoms with E-state index in [-0.39, 0.29) is 6.61 Å². The van der Waals surface area contributed by atoms with E-state index in [1.807, 2.05) is 18.2 Å². The van der Waals surface area contributed by atoms with Crippen LogP contribution in [-0.2, 0) is 13.1 Å². The molecule has 0 saturated heterocycles. The molecule has 0 atom stereocenters. The van der Waals surface area contributed by atoms with E-state index in [4.69, 9.17) is 9.52 Å². The second-order valence-electron chi connectivity index (χ2n) is 4.46. The summed E-state index contributed by atoms with van der Waals surface area (Å²) in [6.07, 6.45) is 3.45. The average molecular weight is 255 g/mol. The highest BCUT2D eigenvalue weighted by Crippen LogP contribution is 2.10. The van der Waals surface area contributed by atoms with Gasteiger partial charge in [0.05, 0.1) is 12.5 Å². The van der Waals surface area contributed by atoms with Crippen molar-refractivity contribution in [3.8, 4) is 11.8 Å². The molecule has 1 aromatic heterocycles. The van der Waals surface area contributed by atoms with Crippen LogP contribution in [0.3, 0.4) is 0 Å². The first-order valence-electron chi connectivity index (χ1n) is 6.16. The first-order valence-corrected chi connectivity index (χ1v) is 6.16. The predicted octanol–water partition coefficient (Wildman–Crippen LogP) is 2.26. The van der Waals surface area contributed by atoms with Crippen LogP contribution in [0, 0.1) is 11.8 Å². The lowest BCUT2D eigenvalue weighted by molar-refractivity contribution is 0.318. The first kappa shape index (κ1) is 13.4. The van der Waals surface area contributed by atoms with Gasteiger partial charge in [0, 0.05) is 24.2 Å². The van der Waals surface area contributed by atoms with Gasteiger partial charge in [-0.05, 0) is 30.8 Å². The third-order valence-electron chi connectivity index (χ3n) is 2.72. The molecule has 1 aromatic carbocycles. The van der Waals surface area contributed by atoms with E-state index in [0.29, 0.717) is 0 Å². The molecule has 0 aliphatic heterocycles. The van der Waals surface area contributed by atoms with Crippen molar-refractivity contribution in [2.75, 3.05) is 13.7 Å². The van der Waals surface area contributed by atoms with Gasteiger partial charge >= 0.3 is 0 Å². The van der Waals surface area contributed by atoms with Crippen LogP contribution >= 0.6 is 0 Å². The lowest BCUT2D eigenvalue weighted by atomic mass is 10.1. The molecular formula is C16H17NO2. The number of hydrogen-bond acceptors (Lipinski definition) is 3. The van der Waals surface area contributed by atoms with E-state index < -0.39 is 0 Å². The Morgan fingerprint density at radius 3 is 2.79 bits per heavy atom. The van der Waals surface area contributed by atoms with E-state index in [0.717, 1.165) is 18.7 Å². The summed E-state index contributed by atoms with van der Waals surface area (Å²) in [4.78, 5) is 2.21. The molecule has 0 spiro atoms. The Morgan fingerprint density at radius 2 is 2.05 bits per heavy atom. The molecule has 0 aliphatic carbocycles. The maximum Gasteiger partial charge on any atom is 0.104 e. The van der Waals surface area contributed by atoms with Gasteiger partial charge in [-0.2, -0.15) is 0 Å². The van der Waals surface area contributed by atoms with Gasteiger partial charge in [0.2, 0.25) is 0 Å². The van der Waals surface area contributed by atoms with Crippen LogP contribution < -0.4 is 0 Å². The monoisotopic (exact) mass is 255 g/mol. The molecule has 0 aliphatic rings. The molecule has 0 fully saturated rings. The molecule has 0 radical (unpaired) electrons. The third kappa shape index (κ3) is 4.29. The smallest absolute Gasteiger partial charge is 0.104 e. The average Bonchev–Trinajstić information content (AvgIpc) is 2.89. The van der Waals surface area contributed by atoms with Crippen molar-refractivity contribution < 1.29 is 9.52 Å². The van der Waals surface area contributed by atoms with E-state index in [2.05, 4.69) is 35.9 Å². The van der Waals surface area contributed by atoms with E-state index in [9.17, 15) is 0 Å². The normalized spacial score (nSPS) is 10.3. The maximum atomic E-state index is 8.70. The van der Waals surface area contributed by atoms with Crippen LogP contribution in [0.1, 0.15) is 16.7 Å². The largest absolute Gasteiger partial charge is 0.472 e. The minimum atomic E-state index is -0.107. The van der Waals surface area contributed by atoms with Gasteiger partial charge in [0.25, 0.3) is 0 Å². The summed E-state index contributed by atoms with van der Waals surface area (Å²) >= 11 is 0. The molecule has 0 amide bonds. The second kappa shape index (κ2) is 6.79. The molecule has 3 nitrogen and oxygen atoms in total. The standard InChI is InChI=1S/C16H17NO2/c1-17(12-16-7-9-19-13-16)11-15-5-2-4-14(10-15)6-3-8-18/h2,4-5,7,9-10,13,18H,8,11-12H2,1H3. The number of hydrogen-bond donors (Lipinski definition) is 1. The summed E-state index contributed by atoms with van der Waals surface area (Å²) in [5.74, 6) is 5.58. The van der Waals surface area contributed by atoms with Crippen molar-refractivity contribution in [1.82, 2.24) is 4.90 Å². The van der Waals surface area contributed by atoms with Crippen LogP contribution in [-0.4, -0.2) is 23.7 Å². The van der Waals surface area contributed by atoms with Gasteiger partial charge in [-0.15, -0.1) is 0 Å². The minimum absolute atomic E-state index is 0.107. The predicted molar refractivity (Wildman–Crippen MR) is 74.3 cm³/mol. The Labute approximate surface area is 113 Å². The second-order valence-corrected chi connectivity index (χ2v) is 4.46. The topological polar surface area (TPSA) is 36.6 Å². The molecule has 1 N–H and O–H groups in total. The van der Waals surface area contributed by atoms with Gasteiger partial charge in [-0.25, -0.2) is 0 Å². The number of furan rings is 1. The summed E-state index contributed by atoms with van der Waals surface area (Å²) in [5, 5.41) is 8.70. The van der Waals surface area contributed by atoms with Crippen molar-refractivity contribution in [2.24, 2.45) is 0 Å². The quantitative estimate of drug-likeness (QED) is 0.851. The molecule has 1 heterocycles. The number of benzene rings is 1. The number of aliphatic hydroxyl groups excluding tert-OH is 1. The lowest BCUT2D eigenvalue weighted by Crippen LogP contribution is -2.16. The van der Waals surface area contributed by atoms with Crippen LogP contribution in [0.2, 0.25) is 0 Å². The van der Waals surface area contributed by atoms with Crippen LogP contribution in [0.4, 0.5) is 0 Å². The molecule has 2 aromatic rings. The van der Waals surface area contributed by atoms with Crippen molar-refractivity contribution in [1.29, 1.82) is 0 Å². The molecule has 0 saturated carbocycles. The number of aliphatic hydroxyl groups is 1. The molecule has 19 heavy (non-hydrogen) atoms. The fourth-order valence-electron chi connectivity index (χ4n) is 1.95. The zero-order valence-electron chi connectivity index (χ0n) is 11.0. The van der Waals surface area contributed by atoms with Gasteiger partial charge in [-0.3, -0.25) is 4.90 Å². The summed E-state index contributed by atoms with van der Waals surface area (Å²) < 4.78 is 5.06. The first-order chi connectivity index (χ1) is 9.28. The summed E-state index contributed by atoms with van der Waals surface area (Å²) in [6.45, 7) is 1.59. The van der Waals surface area contributed by atoms with Crippen molar-refractivity contribution >= 4 is 0 Å². The molecule has 98 valence electrons. The molecule has 0 bridgehead atoms. The highest BCUT2D eigenvalue weighted by Gasteiger charge is 2.03. The van der Waals surface area contributed by atoms with Crippen molar-refractivity contribution in [2.45, 2.75) is 13.1 Å². The van der Waals surface area contributed by atoms with Gasteiger partial charge in [0.15, 0.2) is 0 Å². The Morgan fingerprint density at radius 1 is 1.21 bits per heavy atom. The van der Waals surface area contributed by atoms with Crippen LogP contribution in [0.5, 0.6) is 0 Å². The van der Waals surface area contributed by atoms with Crippen LogP contribution in [0.15, 0.2) is 47.3 Å². The minimum Gasteiger partial charge on any atom is -0.472 e. The Hall–Kier alpha value is -2.02. The van der Waals surface area contributed by atoms with Crippen molar-refractivity contribution in [3.05, 3.63) is 59.5 Å². The zero-order valence-corrected chi connectivity index (χ0v) is 11.0. The molecular weight excluding hydrogens is 238 g/mol. The molecule has 3 heteroatoms. The zero-order chi connectivity index (χ0) is 13.5. The Kier molecular flexibility index (Phi) is 4.79. The fourth-order valence-corrected chi connectivity index (χ4v) is 1.95. The summed E-state index contributed by atoms with van der Waals surface area (Å²) in [5.41, 5.74) is 3.30. The van der Waals surface area contributed by atoms with Gasteiger partial charge in [-0.1, -0.05) is 24.0 Å². The van der Waals surface area contributed by atoms with Crippen LogP contribution in [0.25, 0.3) is 0 Å². The molecule has 0 unspecified atom stereocenters. The van der Waals surface area contributed by atoms with Crippen molar-refractivity contribution in [3.63, 3.8) is 0 Å². The van der Waals surface area contributed by atoms with E-state index >= 15 is 0 Å². The Balaban J connectivity index is 1.98. The van der Waals surface area contributed by atoms with E-state index in [1.54, 1.807) is 12.5 Å². The summed E-state index contributed by atoms with van der Waals surface area (Å²) in [7, 11) is 2.07. The lowest BCUT2D eigenvalue weighted by Gasteiger charge is -2.15. The van der Waals surface area contributed by atoms with Gasteiger partial charge < -0.3 is 9.52 Å².